The third-order valence-corrected chi connectivity index (χ3v) is 3.17. The number of pyridine rings is 1. The van der Waals surface area contributed by atoms with Crippen molar-refractivity contribution in [3.8, 4) is 5.69 Å². The van der Waals surface area contributed by atoms with Crippen LogP contribution in [0.25, 0.3) is 16.7 Å². The molecule has 0 saturated carbocycles. The summed E-state index contributed by atoms with van der Waals surface area (Å²) in [4.78, 5) is 20.0. The number of carbonyl (C=O) groups excluding carboxylic acids is 1. The molecule has 3 rings (SSSR count). The fourth-order valence-electron chi connectivity index (χ4n) is 2.24. The minimum absolute atomic E-state index is 0.340. The molecule has 0 spiro atoms. The van der Waals surface area contributed by atoms with Gasteiger partial charge in [0.1, 0.15) is 11.3 Å². The molecule has 0 aliphatic rings. The van der Waals surface area contributed by atoms with Gasteiger partial charge < -0.3 is 4.74 Å². The fraction of sp³-hybridized carbons (Fsp3) is 0.133. The molecule has 2 heterocycles. The van der Waals surface area contributed by atoms with Crippen LogP contribution in [0.2, 0.25) is 0 Å². The highest BCUT2D eigenvalue weighted by molar-refractivity contribution is 5.89. The average Bonchev–Trinajstić information content (AvgIpc) is 2.82. The van der Waals surface area contributed by atoms with Gasteiger partial charge in [-0.1, -0.05) is 0 Å². The molecule has 0 radical (unpaired) electrons. The molecule has 0 aliphatic carbocycles. The molecular formula is C15H13N3O2. The topological polar surface area (TPSA) is 57.0 Å². The molecule has 2 aromatic heterocycles. The zero-order chi connectivity index (χ0) is 14.1. The molecule has 20 heavy (non-hydrogen) atoms. The molecule has 0 N–H and O–H groups in total. The lowest BCUT2D eigenvalue weighted by atomic mass is 10.2. The van der Waals surface area contributed by atoms with E-state index in [1.54, 1.807) is 24.5 Å². The van der Waals surface area contributed by atoms with Crippen molar-refractivity contribution in [3.05, 3.63) is 54.1 Å². The Bertz CT molecular complexity index is 775. The number of hydrogen-bond donors (Lipinski definition) is 0. The summed E-state index contributed by atoms with van der Waals surface area (Å²) < 4.78 is 6.72. The van der Waals surface area contributed by atoms with E-state index in [0.29, 0.717) is 5.56 Å². The lowest BCUT2D eigenvalue weighted by Crippen LogP contribution is -2.02. The summed E-state index contributed by atoms with van der Waals surface area (Å²) >= 11 is 0. The van der Waals surface area contributed by atoms with Crippen molar-refractivity contribution in [1.29, 1.82) is 0 Å². The van der Waals surface area contributed by atoms with Gasteiger partial charge in [0.05, 0.1) is 24.4 Å². The van der Waals surface area contributed by atoms with Gasteiger partial charge in [-0.3, -0.25) is 9.55 Å². The maximum Gasteiger partial charge on any atom is 0.337 e. The molecule has 0 saturated heterocycles. The predicted molar refractivity (Wildman–Crippen MR) is 74.9 cm³/mol. The van der Waals surface area contributed by atoms with Crippen LogP contribution >= 0.6 is 0 Å². The molecule has 0 fully saturated rings. The van der Waals surface area contributed by atoms with Crippen molar-refractivity contribution in [2.75, 3.05) is 7.11 Å². The van der Waals surface area contributed by atoms with Gasteiger partial charge in [-0.2, -0.15) is 0 Å². The van der Waals surface area contributed by atoms with Crippen LogP contribution < -0.4 is 0 Å². The largest absolute Gasteiger partial charge is 0.465 e. The van der Waals surface area contributed by atoms with E-state index in [2.05, 4.69) is 9.97 Å². The summed E-state index contributed by atoms with van der Waals surface area (Å²) in [5.41, 5.74) is 3.31. The fourth-order valence-corrected chi connectivity index (χ4v) is 2.24. The number of methoxy groups -OCH3 is 1. The number of hydrogen-bond acceptors (Lipinski definition) is 4. The van der Waals surface area contributed by atoms with Crippen LogP contribution in [0.4, 0.5) is 0 Å². The standard InChI is InChI=1S/C15H13N3O2/c1-10-17-13-9-16-8-7-14(13)18(10)12-5-3-11(4-6-12)15(19)20-2/h3-9H,1-2H3. The zero-order valence-electron chi connectivity index (χ0n) is 11.2. The molecule has 100 valence electrons. The van der Waals surface area contributed by atoms with E-state index in [1.807, 2.05) is 29.7 Å². The normalized spacial score (nSPS) is 10.7. The number of benzene rings is 1. The second kappa shape index (κ2) is 4.77. The van der Waals surface area contributed by atoms with E-state index in [9.17, 15) is 4.79 Å². The third kappa shape index (κ3) is 1.93. The lowest BCUT2D eigenvalue weighted by Gasteiger charge is -2.07. The van der Waals surface area contributed by atoms with Crippen molar-refractivity contribution in [2.24, 2.45) is 0 Å². The van der Waals surface area contributed by atoms with Crippen LogP contribution in [0.5, 0.6) is 0 Å². The van der Waals surface area contributed by atoms with Crippen molar-refractivity contribution in [2.45, 2.75) is 6.92 Å². The Morgan fingerprint density at radius 1 is 1.20 bits per heavy atom. The first-order valence-corrected chi connectivity index (χ1v) is 6.18. The summed E-state index contributed by atoms with van der Waals surface area (Å²) in [6.45, 7) is 1.94. The maximum atomic E-state index is 11.4. The van der Waals surface area contributed by atoms with Crippen LogP contribution in [0.1, 0.15) is 16.2 Å². The van der Waals surface area contributed by atoms with Gasteiger partial charge in [0.15, 0.2) is 0 Å². The monoisotopic (exact) mass is 267 g/mol. The molecule has 0 aliphatic heterocycles. The van der Waals surface area contributed by atoms with E-state index < -0.39 is 0 Å². The quantitative estimate of drug-likeness (QED) is 0.669. The molecule has 0 bridgehead atoms. The Morgan fingerprint density at radius 3 is 2.65 bits per heavy atom. The summed E-state index contributed by atoms with van der Waals surface area (Å²) in [6, 6.07) is 9.16. The highest BCUT2D eigenvalue weighted by atomic mass is 16.5. The molecule has 0 amide bonds. The molecule has 5 heteroatoms. The highest BCUT2D eigenvalue weighted by Gasteiger charge is 2.10. The SMILES string of the molecule is COC(=O)c1ccc(-n2c(C)nc3cnccc32)cc1. The van der Waals surface area contributed by atoms with Gasteiger partial charge in [-0.05, 0) is 37.3 Å². The van der Waals surface area contributed by atoms with E-state index in [-0.39, 0.29) is 5.97 Å². The number of imidazole rings is 1. The number of esters is 1. The predicted octanol–water partition coefficient (Wildman–Crippen LogP) is 2.52. The van der Waals surface area contributed by atoms with Gasteiger partial charge in [-0.25, -0.2) is 9.78 Å². The van der Waals surface area contributed by atoms with Crippen LogP contribution in [0.15, 0.2) is 42.7 Å². The maximum absolute atomic E-state index is 11.4. The van der Waals surface area contributed by atoms with Gasteiger partial charge in [0.2, 0.25) is 0 Å². The molecular weight excluding hydrogens is 254 g/mol. The molecule has 0 atom stereocenters. The summed E-state index contributed by atoms with van der Waals surface area (Å²) in [7, 11) is 1.37. The highest BCUT2D eigenvalue weighted by Crippen LogP contribution is 2.20. The van der Waals surface area contributed by atoms with E-state index >= 15 is 0 Å². The summed E-state index contributed by atoms with van der Waals surface area (Å²) in [5.74, 6) is 0.534. The Kier molecular flexibility index (Phi) is 2.95. The summed E-state index contributed by atoms with van der Waals surface area (Å²) in [6.07, 6.45) is 3.48. The van der Waals surface area contributed by atoms with Crippen LogP contribution in [0.3, 0.4) is 0 Å². The van der Waals surface area contributed by atoms with Gasteiger partial charge in [-0.15, -0.1) is 0 Å². The second-order valence-corrected chi connectivity index (χ2v) is 4.40. The van der Waals surface area contributed by atoms with Gasteiger partial charge in [0.25, 0.3) is 0 Å². The number of fused-ring (bicyclic) bond motifs is 1. The van der Waals surface area contributed by atoms with E-state index in [0.717, 1.165) is 22.5 Å². The number of nitrogens with zero attached hydrogens (tertiary/aromatic N) is 3. The number of aromatic nitrogens is 3. The number of carbonyl (C=O) groups is 1. The Hall–Kier alpha value is -2.69. The van der Waals surface area contributed by atoms with Crippen LogP contribution in [-0.2, 0) is 4.74 Å². The zero-order valence-corrected chi connectivity index (χ0v) is 11.2. The molecule has 3 aromatic rings. The minimum atomic E-state index is -0.340. The average molecular weight is 267 g/mol. The smallest absolute Gasteiger partial charge is 0.337 e. The lowest BCUT2D eigenvalue weighted by molar-refractivity contribution is 0.0601. The Labute approximate surface area is 115 Å². The van der Waals surface area contributed by atoms with Crippen LogP contribution in [0, 0.1) is 6.92 Å². The van der Waals surface area contributed by atoms with Crippen molar-refractivity contribution >= 4 is 17.0 Å². The number of aryl methyl sites for hydroxylation is 1. The first-order chi connectivity index (χ1) is 9.70. The summed E-state index contributed by atoms with van der Waals surface area (Å²) in [5, 5.41) is 0. The van der Waals surface area contributed by atoms with E-state index in [4.69, 9.17) is 4.74 Å². The number of rotatable bonds is 2. The number of ether oxygens (including phenoxy) is 1. The molecule has 1 aromatic carbocycles. The van der Waals surface area contributed by atoms with Gasteiger partial charge >= 0.3 is 5.97 Å². The molecule has 0 unspecified atom stereocenters. The van der Waals surface area contributed by atoms with Gasteiger partial charge in [0, 0.05) is 11.9 Å². The first kappa shape index (κ1) is 12.3. The second-order valence-electron chi connectivity index (χ2n) is 4.40. The molecule has 5 nitrogen and oxygen atoms in total. The van der Waals surface area contributed by atoms with Crippen molar-refractivity contribution in [1.82, 2.24) is 14.5 Å². The van der Waals surface area contributed by atoms with Crippen molar-refractivity contribution < 1.29 is 9.53 Å². The third-order valence-electron chi connectivity index (χ3n) is 3.17. The van der Waals surface area contributed by atoms with Crippen molar-refractivity contribution in [3.63, 3.8) is 0 Å². The first-order valence-electron chi connectivity index (χ1n) is 6.18. The Morgan fingerprint density at radius 2 is 1.95 bits per heavy atom. The Balaban J connectivity index is 2.11. The van der Waals surface area contributed by atoms with E-state index in [1.165, 1.54) is 7.11 Å². The van der Waals surface area contributed by atoms with Crippen LogP contribution in [-0.4, -0.2) is 27.6 Å². The minimum Gasteiger partial charge on any atom is -0.465 e.